The Morgan fingerprint density at radius 3 is 2.56 bits per heavy atom. The first-order valence-electron chi connectivity index (χ1n) is 9.29. The van der Waals surface area contributed by atoms with Gasteiger partial charge in [0.1, 0.15) is 5.82 Å². The van der Waals surface area contributed by atoms with Crippen molar-refractivity contribution < 1.29 is 21.9 Å². The minimum atomic E-state index is -4.52. The zero-order valence-electron chi connectivity index (χ0n) is 15.0. The molecule has 0 bridgehead atoms. The zero-order valence-corrected chi connectivity index (χ0v) is 15.8. The highest BCUT2D eigenvalue weighted by molar-refractivity contribution is 7.79. The van der Waals surface area contributed by atoms with E-state index in [1.165, 1.54) is 0 Å². The molecule has 3 fully saturated rings. The number of hydrogen-bond donors (Lipinski definition) is 1. The Morgan fingerprint density at radius 1 is 1.26 bits per heavy atom. The highest BCUT2D eigenvalue weighted by Crippen LogP contribution is 2.52. The summed E-state index contributed by atoms with van der Waals surface area (Å²) >= 11 is -1.82. The van der Waals surface area contributed by atoms with Gasteiger partial charge in [0.15, 0.2) is 16.8 Å². The maximum Gasteiger partial charge on any atom is 0.433 e. The normalized spacial score (nSPS) is 31.7. The molecule has 1 aromatic rings. The molecule has 2 saturated heterocycles. The van der Waals surface area contributed by atoms with Crippen molar-refractivity contribution in [3.05, 3.63) is 11.8 Å². The summed E-state index contributed by atoms with van der Waals surface area (Å²) in [4.78, 5) is 12.0. The van der Waals surface area contributed by atoms with Gasteiger partial charge in [-0.2, -0.15) is 18.2 Å². The number of piperidine rings is 2. The van der Waals surface area contributed by atoms with Crippen LogP contribution < -0.4 is 9.80 Å². The summed E-state index contributed by atoms with van der Waals surface area (Å²) in [5.41, 5.74) is -0.908. The molecular weight excluding hydrogens is 381 g/mol. The summed E-state index contributed by atoms with van der Waals surface area (Å²) in [7, 11) is 0. The van der Waals surface area contributed by atoms with E-state index >= 15 is 0 Å². The highest BCUT2D eigenvalue weighted by Gasteiger charge is 2.56. The Labute approximate surface area is 158 Å². The summed E-state index contributed by atoms with van der Waals surface area (Å²) in [5.74, 6) is 1.43. The minimum Gasteiger partial charge on any atom is -0.356 e. The van der Waals surface area contributed by atoms with Crippen molar-refractivity contribution in [2.45, 2.75) is 38.4 Å². The summed E-state index contributed by atoms with van der Waals surface area (Å²) < 4.78 is 60.2. The molecule has 4 rings (SSSR count). The van der Waals surface area contributed by atoms with Gasteiger partial charge in [0.2, 0.25) is 5.95 Å². The smallest absolute Gasteiger partial charge is 0.356 e. The molecular formula is C17H23F3N4O2S. The van der Waals surface area contributed by atoms with Gasteiger partial charge in [-0.25, -0.2) is 9.19 Å². The second kappa shape index (κ2) is 6.88. The lowest BCUT2D eigenvalue weighted by molar-refractivity contribution is -0.141. The number of nitrogens with zero attached hydrogens (tertiary/aromatic N) is 4. The Hall–Kier alpha value is -1.42. The van der Waals surface area contributed by atoms with Crippen molar-refractivity contribution in [1.82, 2.24) is 9.97 Å². The largest absolute Gasteiger partial charge is 0.433 e. The monoisotopic (exact) mass is 404 g/mol. The predicted octanol–water partition coefficient (Wildman–Crippen LogP) is 2.78. The van der Waals surface area contributed by atoms with Crippen molar-refractivity contribution >= 4 is 22.8 Å². The highest BCUT2D eigenvalue weighted by atomic mass is 32.2. The number of fused-ring (bicyclic) bond motifs is 1. The molecule has 0 amide bonds. The van der Waals surface area contributed by atoms with E-state index < -0.39 is 23.0 Å². The van der Waals surface area contributed by atoms with Gasteiger partial charge >= 0.3 is 6.18 Å². The van der Waals surface area contributed by atoms with Crippen LogP contribution in [0.4, 0.5) is 24.9 Å². The van der Waals surface area contributed by atoms with Gasteiger partial charge in [0.05, 0.1) is 5.75 Å². The fraction of sp³-hybridized carbons (Fsp3) is 0.765. The Morgan fingerprint density at radius 2 is 1.96 bits per heavy atom. The first-order valence-corrected chi connectivity index (χ1v) is 10.6. The van der Waals surface area contributed by atoms with Crippen LogP contribution >= 0.6 is 0 Å². The molecule has 6 nitrogen and oxygen atoms in total. The van der Waals surface area contributed by atoms with Gasteiger partial charge in [-0.15, -0.1) is 0 Å². The molecule has 3 aliphatic rings. The molecule has 0 aromatic carbocycles. The molecule has 1 N–H and O–H groups in total. The number of anilines is 2. The van der Waals surface area contributed by atoms with E-state index in [-0.39, 0.29) is 35.5 Å². The van der Waals surface area contributed by atoms with E-state index in [0.717, 1.165) is 25.3 Å². The predicted molar refractivity (Wildman–Crippen MR) is 96.0 cm³/mol. The van der Waals surface area contributed by atoms with Gasteiger partial charge in [0.25, 0.3) is 0 Å². The molecule has 0 radical (unpaired) electrons. The molecule has 3 heterocycles. The van der Waals surface area contributed by atoms with E-state index in [9.17, 15) is 17.4 Å². The van der Waals surface area contributed by atoms with Crippen LogP contribution in [0.3, 0.4) is 0 Å². The summed E-state index contributed by atoms with van der Waals surface area (Å²) in [5, 5.41) is 0. The molecule has 1 aliphatic carbocycles. The Balaban J connectivity index is 1.58. The van der Waals surface area contributed by atoms with Crippen molar-refractivity contribution in [3.8, 4) is 0 Å². The van der Waals surface area contributed by atoms with Crippen LogP contribution in [-0.4, -0.2) is 50.2 Å². The van der Waals surface area contributed by atoms with Crippen molar-refractivity contribution in [2.75, 3.05) is 35.2 Å². The lowest BCUT2D eigenvalue weighted by Crippen LogP contribution is -2.39. The average molecular weight is 404 g/mol. The summed E-state index contributed by atoms with van der Waals surface area (Å²) in [6.45, 7) is 3.82. The van der Waals surface area contributed by atoms with Crippen LogP contribution in [0.15, 0.2) is 6.07 Å². The average Bonchev–Trinajstić information content (AvgIpc) is 3.03. The molecule has 0 spiro atoms. The van der Waals surface area contributed by atoms with Gasteiger partial charge < -0.3 is 14.4 Å². The van der Waals surface area contributed by atoms with E-state index in [1.807, 2.05) is 16.7 Å². The third kappa shape index (κ3) is 3.78. The second-order valence-corrected chi connectivity index (χ2v) is 8.81. The SMILES string of the molecule is C[C@H]1CCCCN1c1nc(N2C[C@@H]3[C@H](C2)[C@H]3CS(=O)O)cc(C(F)(F)F)n1. The number of rotatable bonds is 4. The fourth-order valence-corrected chi connectivity index (χ4v) is 5.32. The first kappa shape index (κ1) is 18.9. The first-order chi connectivity index (χ1) is 12.7. The molecule has 27 heavy (non-hydrogen) atoms. The maximum absolute atomic E-state index is 13.4. The lowest BCUT2D eigenvalue weighted by atomic mass is 10.0. The van der Waals surface area contributed by atoms with Crippen LogP contribution in [0, 0.1) is 17.8 Å². The maximum atomic E-state index is 13.4. The van der Waals surface area contributed by atoms with Crippen LogP contribution in [0.2, 0.25) is 0 Å². The zero-order chi connectivity index (χ0) is 19.3. The fourth-order valence-electron chi connectivity index (χ4n) is 4.50. The molecule has 10 heteroatoms. The van der Waals surface area contributed by atoms with Gasteiger partial charge in [-0.1, -0.05) is 0 Å². The lowest BCUT2D eigenvalue weighted by Gasteiger charge is -2.34. The minimum absolute atomic E-state index is 0.117. The Kier molecular flexibility index (Phi) is 4.82. The van der Waals surface area contributed by atoms with Crippen molar-refractivity contribution in [1.29, 1.82) is 0 Å². The molecule has 150 valence electrons. The van der Waals surface area contributed by atoms with Crippen molar-refractivity contribution in [3.63, 3.8) is 0 Å². The van der Waals surface area contributed by atoms with E-state index in [2.05, 4.69) is 9.97 Å². The number of hydrogen-bond acceptors (Lipinski definition) is 5. The van der Waals surface area contributed by atoms with Crippen LogP contribution in [0.25, 0.3) is 0 Å². The second-order valence-electron chi connectivity index (χ2n) is 7.83. The van der Waals surface area contributed by atoms with Crippen LogP contribution in [0.5, 0.6) is 0 Å². The van der Waals surface area contributed by atoms with Crippen LogP contribution in [-0.2, 0) is 17.3 Å². The third-order valence-electron chi connectivity index (χ3n) is 6.08. The van der Waals surface area contributed by atoms with Gasteiger partial charge in [-0.05, 0) is 43.9 Å². The molecule has 1 unspecified atom stereocenters. The molecule has 5 atom stereocenters. The summed E-state index contributed by atoms with van der Waals surface area (Å²) in [6, 6.07) is 1.15. The molecule has 1 aromatic heterocycles. The topological polar surface area (TPSA) is 69.6 Å². The van der Waals surface area contributed by atoms with Gasteiger partial charge in [0, 0.05) is 31.7 Å². The van der Waals surface area contributed by atoms with Crippen molar-refractivity contribution in [2.24, 2.45) is 17.8 Å². The Bertz CT molecular complexity index is 735. The standard InChI is InChI=1S/C17H23F3N4O2S/c1-10-4-2-3-5-24(10)16-21-14(17(18,19)20)6-15(22-16)23-7-11-12(8-23)13(11)9-27(25)26/h6,10-13H,2-5,7-9H2,1H3,(H,25,26)/t10-,11-,12+,13+/m0/s1. The van der Waals surface area contributed by atoms with Crippen LogP contribution in [0.1, 0.15) is 31.9 Å². The van der Waals surface area contributed by atoms with E-state index in [1.54, 1.807) is 0 Å². The van der Waals surface area contributed by atoms with E-state index in [0.29, 0.717) is 25.5 Å². The quantitative estimate of drug-likeness (QED) is 0.779. The number of alkyl halides is 3. The summed E-state index contributed by atoms with van der Waals surface area (Å²) in [6.07, 6.45) is -1.62. The molecule has 2 aliphatic heterocycles. The third-order valence-corrected chi connectivity index (χ3v) is 6.75. The number of halogens is 3. The number of aromatic nitrogens is 2. The molecule has 1 saturated carbocycles. The van der Waals surface area contributed by atoms with E-state index in [4.69, 9.17) is 4.55 Å². The van der Waals surface area contributed by atoms with Gasteiger partial charge in [-0.3, -0.25) is 0 Å².